The lowest BCUT2D eigenvalue weighted by atomic mass is 9.94. The number of carbonyl (C=O) groups is 1. The first-order chi connectivity index (χ1) is 14.7. The second kappa shape index (κ2) is 13.8. The number of guanidine groups is 1. The Morgan fingerprint density at radius 3 is 2.34 bits per heavy atom. The van der Waals surface area contributed by atoms with Crippen LogP contribution in [0.5, 0.6) is 0 Å². The number of nitrogens with zero attached hydrogens (tertiary/aromatic N) is 3. The van der Waals surface area contributed by atoms with Crippen molar-refractivity contribution in [2.75, 3.05) is 59.6 Å². The van der Waals surface area contributed by atoms with Gasteiger partial charge in [-0.15, -0.1) is 24.0 Å². The third-order valence-corrected chi connectivity index (χ3v) is 6.11. The molecule has 2 heterocycles. The molecule has 188 valence electrons. The molecule has 0 radical (unpaired) electrons. The highest BCUT2D eigenvalue weighted by molar-refractivity contribution is 14.0. The van der Waals surface area contributed by atoms with Crippen molar-refractivity contribution in [1.29, 1.82) is 0 Å². The van der Waals surface area contributed by atoms with Crippen LogP contribution in [0, 0.1) is 5.92 Å². The highest BCUT2D eigenvalue weighted by atomic mass is 127. The van der Waals surface area contributed by atoms with E-state index in [9.17, 15) is 4.79 Å². The molecule has 9 heteroatoms. The van der Waals surface area contributed by atoms with E-state index in [4.69, 9.17) is 19.2 Å². The Morgan fingerprint density at radius 1 is 1.22 bits per heavy atom. The van der Waals surface area contributed by atoms with E-state index in [1.807, 2.05) is 32.6 Å². The van der Waals surface area contributed by atoms with Gasteiger partial charge in [0.15, 0.2) is 5.96 Å². The third-order valence-electron chi connectivity index (χ3n) is 6.11. The van der Waals surface area contributed by atoms with Crippen molar-refractivity contribution >= 4 is 36.0 Å². The van der Waals surface area contributed by atoms with Gasteiger partial charge in [0.1, 0.15) is 5.60 Å². The summed E-state index contributed by atoms with van der Waals surface area (Å²) in [5.74, 6) is 1.44. The Bertz CT molecular complexity index is 583. The molecular weight excluding hydrogens is 523 g/mol. The van der Waals surface area contributed by atoms with E-state index in [2.05, 4.69) is 17.1 Å². The fourth-order valence-corrected chi connectivity index (χ4v) is 4.11. The van der Waals surface area contributed by atoms with Gasteiger partial charge in [-0.05, 0) is 53.4 Å². The number of nitrogens with one attached hydrogen (secondary N) is 1. The van der Waals surface area contributed by atoms with Crippen LogP contribution in [0.25, 0.3) is 0 Å². The first kappa shape index (κ1) is 29.2. The lowest BCUT2D eigenvalue weighted by Gasteiger charge is -2.38. The van der Waals surface area contributed by atoms with Gasteiger partial charge in [0.25, 0.3) is 0 Å². The van der Waals surface area contributed by atoms with Gasteiger partial charge in [0, 0.05) is 65.9 Å². The van der Waals surface area contributed by atoms with Crippen molar-refractivity contribution in [3.8, 4) is 0 Å². The van der Waals surface area contributed by atoms with Crippen LogP contribution in [0.3, 0.4) is 0 Å². The number of methoxy groups -OCH3 is 1. The van der Waals surface area contributed by atoms with E-state index in [0.717, 1.165) is 71.0 Å². The average Bonchev–Trinajstić information content (AvgIpc) is 2.75. The summed E-state index contributed by atoms with van der Waals surface area (Å²) in [6.07, 6.45) is 3.62. The molecule has 0 aromatic carbocycles. The van der Waals surface area contributed by atoms with Crippen molar-refractivity contribution in [2.24, 2.45) is 10.9 Å². The van der Waals surface area contributed by atoms with Crippen molar-refractivity contribution in [3.63, 3.8) is 0 Å². The molecule has 1 amide bonds. The number of ether oxygens (including phenoxy) is 3. The summed E-state index contributed by atoms with van der Waals surface area (Å²) in [7, 11) is 1.78. The molecule has 0 aromatic heterocycles. The Balaban J connectivity index is 0.00000512. The molecule has 0 atom stereocenters. The summed E-state index contributed by atoms with van der Waals surface area (Å²) >= 11 is 0. The second-order valence-electron chi connectivity index (χ2n) is 9.62. The van der Waals surface area contributed by atoms with Gasteiger partial charge in [-0.1, -0.05) is 0 Å². The zero-order chi connectivity index (χ0) is 22.9. The Hall–Kier alpha value is -0.810. The van der Waals surface area contributed by atoms with Gasteiger partial charge in [0.2, 0.25) is 0 Å². The highest BCUT2D eigenvalue weighted by Gasteiger charge is 2.33. The number of hydrogen-bond acceptors (Lipinski definition) is 5. The molecule has 1 N–H and O–H groups in total. The van der Waals surface area contributed by atoms with Crippen LogP contribution in [0.15, 0.2) is 4.99 Å². The molecule has 0 spiro atoms. The molecule has 2 saturated heterocycles. The third kappa shape index (κ3) is 9.21. The van der Waals surface area contributed by atoms with Crippen LogP contribution in [0.2, 0.25) is 0 Å². The smallest absolute Gasteiger partial charge is 0.410 e. The Morgan fingerprint density at radius 2 is 1.84 bits per heavy atom. The SMILES string of the molecule is CCNC(=NCC1(OC)CCOCC1)N1CCC(CN(CC)C(=O)OC(C)(C)C)CC1.I. The minimum absolute atomic E-state index is 0. The van der Waals surface area contributed by atoms with Crippen molar-refractivity contribution in [3.05, 3.63) is 0 Å². The number of amides is 1. The number of likely N-dealkylation sites (tertiary alicyclic amines) is 1. The quantitative estimate of drug-likeness (QED) is 0.287. The molecule has 0 unspecified atom stereocenters. The van der Waals surface area contributed by atoms with Gasteiger partial charge in [-0.2, -0.15) is 0 Å². The summed E-state index contributed by atoms with van der Waals surface area (Å²) in [5, 5.41) is 3.45. The van der Waals surface area contributed by atoms with E-state index < -0.39 is 5.60 Å². The average molecular weight is 569 g/mol. The number of hydrogen-bond donors (Lipinski definition) is 1. The summed E-state index contributed by atoms with van der Waals surface area (Å²) in [5.41, 5.74) is -0.679. The van der Waals surface area contributed by atoms with E-state index in [1.54, 1.807) is 7.11 Å². The van der Waals surface area contributed by atoms with Crippen LogP contribution in [0.4, 0.5) is 4.79 Å². The monoisotopic (exact) mass is 568 g/mol. The van der Waals surface area contributed by atoms with Crippen molar-refractivity contribution < 1.29 is 19.0 Å². The highest BCUT2D eigenvalue weighted by Crippen LogP contribution is 2.25. The van der Waals surface area contributed by atoms with Gasteiger partial charge in [0.05, 0.1) is 12.1 Å². The predicted molar refractivity (Wildman–Crippen MR) is 139 cm³/mol. The molecule has 0 aromatic rings. The van der Waals surface area contributed by atoms with Crippen molar-refractivity contribution in [2.45, 2.75) is 71.5 Å². The molecule has 2 rings (SSSR count). The van der Waals surface area contributed by atoms with E-state index in [-0.39, 0.29) is 35.7 Å². The maximum atomic E-state index is 12.5. The second-order valence-corrected chi connectivity index (χ2v) is 9.62. The molecular formula is C23H45IN4O4. The Kier molecular flexibility index (Phi) is 12.6. The molecule has 0 saturated carbocycles. The van der Waals surface area contributed by atoms with Crippen LogP contribution < -0.4 is 5.32 Å². The maximum Gasteiger partial charge on any atom is 0.410 e. The fourth-order valence-electron chi connectivity index (χ4n) is 4.11. The number of carbonyl (C=O) groups excluding carboxylic acids is 1. The topological polar surface area (TPSA) is 75.6 Å². The lowest BCUT2D eigenvalue weighted by molar-refractivity contribution is -0.0829. The molecule has 2 aliphatic rings. The molecule has 0 bridgehead atoms. The van der Waals surface area contributed by atoms with E-state index in [0.29, 0.717) is 19.0 Å². The minimum Gasteiger partial charge on any atom is -0.444 e. The van der Waals surface area contributed by atoms with Gasteiger partial charge >= 0.3 is 6.09 Å². The van der Waals surface area contributed by atoms with Gasteiger partial charge < -0.3 is 29.3 Å². The molecule has 2 aliphatic heterocycles. The largest absolute Gasteiger partial charge is 0.444 e. The van der Waals surface area contributed by atoms with Crippen LogP contribution >= 0.6 is 24.0 Å². The van der Waals surface area contributed by atoms with Crippen molar-refractivity contribution in [1.82, 2.24) is 15.1 Å². The first-order valence-electron chi connectivity index (χ1n) is 11.9. The summed E-state index contributed by atoms with van der Waals surface area (Å²) in [6.45, 7) is 16.1. The first-order valence-corrected chi connectivity index (χ1v) is 11.9. The Labute approximate surface area is 211 Å². The summed E-state index contributed by atoms with van der Waals surface area (Å²) in [6, 6.07) is 0. The molecule has 2 fully saturated rings. The van der Waals surface area contributed by atoms with Crippen LogP contribution in [-0.2, 0) is 14.2 Å². The lowest BCUT2D eigenvalue weighted by Crippen LogP contribution is -2.49. The number of halogens is 1. The van der Waals surface area contributed by atoms with Crippen LogP contribution in [0.1, 0.15) is 60.3 Å². The maximum absolute atomic E-state index is 12.5. The van der Waals surface area contributed by atoms with Crippen LogP contribution in [-0.4, -0.2) is 92.6 Å². The minimum atomic E-state index is -0.463. The van der Waals surface area contributed by atoms with Gasteiger partial charge in [-0.25, -0.2) is 4.79 Å². The number of aliphatic imine (C=N–C) groups is 1. The number of piperidine rings is 1. The number of rotatable bonds is 7. The van der Waals surface area contributed by atoms with Gasteiger partial charge in [-0.3, -0.25) is 4.99 Å². The molecule has 0 aliphatic carbocycles. The standard InChI is InChI=1S/C23H44N4O4.HI/c1-7-24-20(25-18-23(29-6)11-15-30-16-12-23)27-13-9-19(10-14-27)17-26(8-2)21(28)31-22(3,4)5;/h19H,7-18H2,1-6H3,(H,24,25);1H. The molecule has 8 nitrogen and oxygen atoms in total. The van der Waals surface area contributed by atoms with E-state index >= 15 is 0 Å². The molecule has 32 heavy (non-hydrogen) atoms. The summed E-state index contributed by atoms with van der Waals surface area (Å²) < 4.78 is 16.9. The normalized spacial score (nSPS) is 19.8. The summed E-state index contributed by atoms with van der Waals surface area (Å²) in [4.78, 5) is 21.6. The van der Waals surface area contributed by atoms with E-state index in [1.165, 1.54) is 0 Å². The predicted octanol–water partition coefficient (Wildman–Crippen LogP) is 3.73. The fraction of sp³-hybridized carbons (Fsp3) is 0.913. The zero-order valence-corrected chi connectivity index (χ0v) is 23.3. The zero-order valence-electron chi connectivity index (χ0n) is 20.9.